The summed E-state index contributed by atoms with van der Waals surface area (Å²) in [5.74, 6) is 0.118. The molecule has 206 valence electrons. The van der Waals surface area contributed by atoms with E-state index in [0.29, 0.717) is 23.5 Å². The van der Waals surface area contributed by atoms with E-state index in [2.05, 4.69) is 30.6 Å². The molecule has 0 bridgehead atoms. The number of amides is 2. The number of Topliss-reactive ketones (excluding diaryl/α,β-unsaturated/α-hetero) is 1. The molecule has 0 aliphatic carbocycles. The molecule has 0 radical (unpaired) electrons. The van der Waals surface area contributed by atoms with E-state index in [9.17, 15) is 14.4 Å². The van der Waals surface area contributed by atoms with E-state index in [4.69, 9.17) is 5.73 Å². The highest BCUT2D eigenvalue weighted by Gasteiger charge is 2.31. The first-order chi connectivity index (χ1) is 18.4. The lowest BCUT2D eigenvalue weighted by molar-refractivity contribution is -0.118. The molecule has 2 atom stereocenters. The molecule has 4 rings (SSSR count). The Labute approximate surface area is 228 Å². The third kappa shape index (κ3) is 6.42. The molecule has 0 unspecified atom stereocenters. The Bertz CT molecular complexity index is 1370. The zero-order chi connectivity index (χ0) is 28.3. The van der Waals surface area contributed by atoms with Gasteiger partial charge in [-0.15, -0.1) is 0 Å². The van der Waals surface area contributed by atoms with Crippen LogP contribution < -0.4 is 21.3 Å². The highest BCUT2D eigenvalue weighted by molar-refractivity contribution is 5.96. The Balaban J connectivity index is 1.49. The second-order valence-electron chi connectivity index (χ2n) is 10.8. The molecule has 0 spiro atoms. The van der Waals surface area contributed by atoms with Gasteiger partial charge in [0.15, 0.2) is 11.5 Å². The summed E-state index contributed by atoms with van der Waals surface area (Å²) < 4.78 is 1.63. The molecule has 11 heteroatoms. The van der Waals surface area contributed by atoms with Crippen molar-refractivity contribution in [1.29, 1.82) is 0 Å². The third-order valence-electron chi connectivity index (χ3n) is 7.18. The van der Waals surface area contributed by atoms with Gasteiger partial charge < -0.3 is 21.3 Å². The molecular weight excluding hydrogens is 496 g/mol. The van der Waals surface area contributed by atoms with E-state index in [1.54, 1.807) is 31.0 Å². The summed E-state index contributed by atoms with van der Waals surface area (Å²) in [5, 5.41) is 10.4. The molecule has 39 heavy (non-hydrogen) atoms. The summed E-state index contributed by atoms with van der Waals surface area (Å²) >= 11 is 0. The molecule has 1 fully saturated rings. The number of hydrogen-bond donors (Lipinski definition) is 3. The van der Waals surface area contributed by atoms with Gasteiger partial charge in [0.05, 0.1) is 18.1 Å². The molecule has 1 aliphatic rings. The predicted octanol–water partition coefficient (Wildman–Crippen LogP) is 3.10. The lowest BCUT2D eigenvalue weighted by atomic mass is 9.80. The molecule has 3 heterocycles. The highest BCUT2D eigenvalue weighted by Crippen LogP contribution is 2.29. The molecular formula is C28H36N8O3. The minimum atomic E-state index is -0.687. The maximum atomic E-state index is 13.1. The van der Waals surface area contributed by atoms with Crippen molar-refractivity contribution in [2.45, 2.75) is 64.5 Å². The second-order valence-corrected chi connectivity index (χ2v) is 10.8. The van der Waals surface area contributed by atoms with E-state index in [1.165, 1.54) is 6.20 Å². The Morgan fingerprint density at radius 1 is 1.15 bits per heavy atom. The van der Waals surface area contributed by atoms with Crippen molar-refractivity contribution >= 4 is 34.9 Å². The number of carbonyl (C=O) groups excluding carboxylic acids is 3. The number of benzene rings is 1. The summed E-state index contributed by atoms with van der Waals surface area (Å²) in [6, 6.07) is 7.26. The fourth-order valence-corrected chi connectivity index (χ4v) is 5.12. The van der Waals surface area contributed by atoms with E-state index < -0.39 is 5.91 Å². The topological polar surface area (TPSA) is 148 Å². The SMILES string of the molecule is CC(=O)CC(C)(C)c1ccc(C(=O)N[C@@H]2CCCN(c3cnc(C(N)=O)c(Nc4cnn(C)c4)n3)[C@@H]2C)cc1. The van der Waals surface area contributed by atoms with Crippen LogP contribution in [0.15, 0.2) is 42.9 Å². The van der Waals surface area contributed by atoms with Crippen LogP contribution in [0.25, 0.3) is 0 Å². The van der Waals surface area contributed by atoms with Crippen LogP contribution in [-0.2, 0) is 17.3 Å². The molecule has 2 amide bonds. The van der Waals surface area contributed by atoms with Gasteiger partial charge in [0, 0.05) is 43.9 Å². The zero-order valence-electron chi connectivity index (χ0n) is 23.1. The molecule has 1 aromatic carbocycles. The lowest BCUT2D eigenvalue weighted by Gasteiger charge is -2.40. The van der Waals surface area contributed by atoms with Crippen molar-refractivity contribution in [2.24, 2.45) is 12.8 Å². The molecule has 2 aromatic heterocycles. The zero-order valence-corrected chi connectivity index (χ0v) is 23.1. The number of aryl methyl sites for hydroxylation is 1. The van der Waals surface area contributed by atoms with E-state index in [-0.39, 0.29) is 40.7 Å². The summed E-state index contributed by atoms with van der Waals surface area (Å²) in [6.07, 6.45) is 7.02. The number of piperidine rings is 1. The van der Waals surface area contributed by atoms with E-state index >= 15 is 0 Å². The summed E-state index contributed by atoms with van der Waals surface area (Å²) in [4.78, 5) is 47.8. The van der Waals surface area contributed by atoms with Crippen molar-refractivity contribution in [3.05, 3.63) is 59.7 Å². The molecule has 11 nitrogen and oxygen atoms in total. The highest BCUT2D eigenvalue weighted by atomic mass is 16.2. The number of rotatable bonds is 9. The standard InChI is InChI=1S/C28H36N8O3/c1-17(37)13-28(3,4)20-10-8-19(9-11-20)27(39)33-22-7-6-12-36(18(22)2)23-15-30-24(25(29)38)26(34-23)32-21-14-31-35(5)16-21/h8-11,14-16,18,22H,6-7,12-13H2,1-5H3,(H2,29,38)(H,32,34)(H,33,39)/t18-,22-/m1/s1. The van der Waals surface area contributed by atoms with Crippen molar-refractivity contribution in [2.75, 3.05) is 16.8 Å². The Morgan fingerprint density at radius 3 is 2.49 bits per heavy atom. The smallest absolute Gasteiger partial charge is 0.271 e. The Hall–Kier alpha value is -4.28. The van der Waals surface area contributed by atoms with Crippen molar-refractivity contribution in [1.82, 2.24) is 25.1 Å². The van der Waals surface area contributed by atoms with Crippen LogP contribution in [0.1, 0.15) is 73.4 Å². The van der Waals surface area contributed by atoms with Gasteiger partial charge in [-0.05, 0) is 49.8 Å². The Kier molecular flexibility index (Phi) is 7.98. The summed E-state index contributed by atoms with van der Waals surface area (Å²) in [6.45, 7) is 8.41. The van der Waals surface area contributed by atoms with Crippen LogP contribution in [0, 0.1) is 0 Å². The Morgan fingerprint density at radius 2 is 1.87 bits per heavy atom. The minimum Gasteiger partial charge on any atom is -0.364 e. The number of nitrogens with two attached hydrogens (primary N) is 1. The fourth-order valence-electron chi connectivity index (χ4n) is 5.12. The van der Waals surface area contributed by atoms with Crippen LogP contribution in [0.2, 0.25) is 0 Å². The van der Waals surface area contributed by atoms with E-state index in [1.807, 2.05) is 45.0 Å². The van der Waals surface area contributed by atoms with Crippen LogP contribution in [0.4, 0.5) is 17.3 Å². The number of ketones is 1. The maximum absolute atomic E-state index is 13.1. The van der Waals surface area contributed by atoms with Gasteiger partial charge in [0.2, 0.25) is 0 Å². The molecule has 1 aliphatic heterocycles. The summed E-state index contributed by atoms with van der Waals surface area (Å²) in [5.41, 5.74) is 7.51. The monoisotopic (exact) mass is 532 g/mol. The average molecular weight is 533 g/mol. The number of aromatic nitrogens is 4. The number of hydrogen-bond acceptors (Lipinski definition) is 8. The second kappa shape index (κ2) is 11.2. The number of nitrogens with zero attached hydrogens (tertiary/aromatic N) is 5. The first kappa shape index (κ1) is 27.7. The largest absolute Gasteiger partial charge is 0.364 e. The van der Waals surface area contributed by atoms with Gasteiger partial charge in [0.25, 0.3) is 11.8 Å². The van der Waals surface area contributed by atoms with Gasteiger partial charge in [-0.3, -0.25) is 19.1 Å². The first-order valence-electron chi connectivity index (χ1n) is 13.0. The van der Waals surface area contributed by atoms with Gasteiger partial charge in [-0.25, -0.2) is 9.97 Å². The van der Waals surface area contributed by atoms with E-state index in [0.717, 1.165) is 24.9 Å². The van der Waals surface area contributed by atoms with Crippen LogP contribution in [0.3, 0.4) is 0 Å². The third-order valence-corrected chi connectivity index (χ3v) is 7.18. The number of primary amides is 1. The fraction of sp³-hybridized carbons (Fsp3) is 0.429. The number of anilines is 3. The van der Waals surface area contributed by atoms with Crippen LogP contribution in [-0.4, -0.2) is 56.0 Å². The van der Waals surface area contributed by atoms with Crippen molar-refractivity contribution in [3.63, 3.8) is 0 Å². The minimum absolute atomic E-state index is 0.0343. The van der Waals surface area contributed by atoms with Crippen LogP contribution in [0.5, 0.6) is 0 Å². The van der Waals surface area contributed by atoms with Gasteiger partial charge >= 0.3 is 0 Å². The van der Waals surface area contributed by atoms with Gasteiger partial charge in [-0.1, -0.05) is 26.0 Å². The number of carbonyl (C=O) groups is 3. The summed E-state index contributed by atoms with van der Waals surface area (Å²) in [7, 11) is 1.79. The molecule has 3 aromatic rings. The predicted molar refractivity (Wildman–Crippen MR) is 149 cm³/mol. The van der Waals surface area contributed by atoms with Crippen molar-refractivity contribution in [3.8, 4) is 0 Å². The normalized spacial score (nSPS) is 17.5. The van der Waals surface area contributed by atoms with Crippen molar-refractivity contribution < 1.29 is 14.4 Å². The van der Waals surface area contributed by atoms with Gasteiger partial charge in [-0.2, -0.15) is 5.10 Å². The number of nitrogens with one attached hydrogen (secondary N) is 2. The molecule has 1 saturated heterocycles. The quantitative estimate of drug-likeness (QED) is 0.381. The molecule has 4 N–H and O–H groups in total. The molecule has 0 saturated carbocycles. The van der Waals surface area contributed by atoms with Crippen LogP contribution >= 0.6 is 0 Å². The lowest BCUT2D eigenvalue weighted by Crippen LogP contribution is -2.54. The average Bonchev–Trinajstić information content (AvgIpc) is 3.28. The van der Waals surface area contributed by atoms with Gasteiger partial charge in [0.1, 0.15) is 11.6 Å². The first-order valence-corrected chi connectivity index (χ1v) is 13.0. The maximum Gasteiger partial charge on any atom is 0.271 e.